The van der Waals surface area contributed by atoms with Gasteiger partial charge in [-0.15, -0.1) is 11.3 Å². The molecule has 4 heteroatoms. The number of fused-ring (bicyclic) bond motifs is 1. The predicted octanol–water partition coefficient (Wildman–Crippen LogP) is 6.79. The second kappa shape index (κ2) is 11.5. The second-order valence-corrected chi connectivity index (χ2v) is 11.5. The minimum absolute atomic E-state index is 0.252. The molecule has 0 aliphatic carbocycles. The smallest absolute Gasteiger partial charge is 0.109 e. The van der Waals surface area contributed by atoms with Crippen LogP contribution < -0.4 is 5.32 Å². The molecule has 1 radical (unpaired) electrons. The van der Waals surface area contributed by atoms with Gasteiger partial charge in [0.2, 0.25) is 0 Å². The topological polar surface area (TPSA) is 28.2 Å². The van der Waals surface area contributed by atoms with Gasteiger partial charge < -0.3 is 10.2 Å². The highest BCUT2D eigenvalue weighted by Gasteiger charge is 2.38. The zero-order valence-corrected chi connectivity index (χ0v) is 22.3. The quantitative estimate of drug-likeness (QED) is 0.224. The van der Waals surface area contributed by atoms with Crippen molar-refractivity contribution >= 4 is 21.6 Å². The van der Waals surface area contributed by atoms with E-state index >= 15 is 0 Å². The highest BCUT2D eigenvalue weighted by Crippen LogP contribution is 2.45. The molecule has 0 atom stereocenters. The molecule has 0 aliphatic rings. The van der Waals surface area contributed by atoms with Crippen LogP contribution in [0.4, 0.5) is 0 Å². The lowest BCUT2D eigenvalue weighted by molar-refractivity contribution is 0.233. The molecule has 0 unspecified atom stereocenters. The summed E-state index contributed by atoms with van der Waals surface area (Å²) < 4.78 is 1.24. The maximum absolute atomic E-state index is 5.19. The third-order valence-electron chi connectivity index (χ3n) is 6.52. The number of nitrogens with zero attached hydrogens (tertiary/aromatic N) is 2. The Morgan fingerprint density at radius 2 is 1.46 bits per heavy atom. The van der Waals surface area contributed by atoms with Crippen molar-refractivity contribution in [1.82, 2.24) is 15.2 Å². The van der Waals surface area contributed by atoms with Gasteiger partial charge in [-0.05, 0) is 68.6 Å². The van der Waals surface area contributed by atoms with E-state index in [2.05, 4.69) is 130 Å². The van der Waals surface area contributed by atoms with Crippen molar-refractivity contribution in [3.8, 4) is 0 Å². The van der Waals surface area contributed by atoms with Crippen LogP contribution >= 0.6 is 11.3 Å². The summed E-state index contributed by atoms with van der Waals surface area (Å²) in [6.45, 7) is 7.72. The van der Waals surface area contributed by atoms with Gasteiger partial charge in [0.1, 0.15) is 5.01 Å². The van der Waals surface area contributed by atoms with E-state index in [0.29, 0.717) is 0 Å². The zero-order valence-electron chi connectivity index (χ0n) is 21.5. The highest BCUT2D eigenvalue weighted by atomic mass is 32.1. The van der Waals surface area contributed by atoms with Crippen molar-refractivity contribution in [1.29, 1.82) is 0 Å². The highest BCUT2D eigenvalue weighted by molar-refractivity contribution is 7.18. The number of benzene rings is 3. The predicted molar refractivity (Wildman–Crippen MR) is 151 cm³/mol. The van der Waals surface area contributed by atoms with Gasteiger partial charge >= 0.3 is 0 Å². The van der Waals surface area contributed by atoms with Gasteiger partial charge in [0, 0.05) is 13.1 Å². The molecule has 4 aromatic rings. The number of para-hydroxylation sites is 1. The molecule has 4 rings (SSSR count). The molecule has 0 amide bonds. The summed E-state index contributed by atoms with van der Waals surface area (Å²) in [4.78, 5) is 7.45. The van der Waals surface area contributed by atoms with Crippen molar-refractivity contribution in [3.05, 3.63) is 107 Å². The third kappa shape index (κ3) is 6.19. The molecule has 3 nitrogen and oxygen atoms in total. The SMILES string of the molecule is CN(C)CC(C)(C)CNCC[CH]CC(c1ccccc1)(c1ccccc1)c1nc2ccccc2s1. The van der Waals surface area contributed by atoms with Crippen LogP contribution in [0.1, 0.15) is 42.8 Å². The summed E-state index contributed by atoms with van der Waals surface area (Å²) in [5.74, 6) is 0. The standard InChI is InChI=1S/C31H38N3S/c1-30(2,24-34(3)4)23-32-22-14-13-21-31(25-15-7-5-8-16-25,26-17-9-6-10-18-26)29-33-27-19-11-12-20-28(27)35-29/h5-13,15-20,32H,14,21-24H2,1-4H3. The maximum atomic E-state index is 5.19. The van der Waals surface area contributed by atoms with Crippen molar-refractivity contribution in [2.24, 2.45) is 5.41 Å². The fourth-order valence-electron chi connectivity index (χ4n) is 5.10. The fraction of sp³-hybridized carbons (Fsp3) is 0.355. The molecule has 183 valence electrons. The summed E-state index contributed by atoms with van der Waals surface area (Å²) in [5, 5.41) is 4.85. The Balaban J connectivity index is 1.60. The molecule has 0 saturated carbocycles. The molecule has 1 N–H and O–H groups in total. The Morgan fingerprint density at radius 3 is 2.06 bits per heavy atom. The van der Waals surface area contributed by atoms with Crippen LogP contribution in [0.2, 0.25) is 0 Å². The Hall–Kier alpha value is -2.53. The Morgan fingerprint density at radius 1 is 0.857 bits per heavy atom. The van der Waals surface area contributed by atoms with E-state index in [0.717, 1.165) is 43.0 Å². The normalized spacial score (nSPS) is 12.5. The summed E-state index contributed by atoms with van der Waals surface area (Å²) in [6, 6.07) is 30.3. The number of rotatable bonds is 12. The van der Waals surface area contributed by atoms with Crippen LogP contribution in [0.15, 0.2) is 84.9 Å². The van der Waals surface area contributed by atoms with Crippen LogP contribution in [-0.2, 0) is 5.41 Å². The molecule has 0 fully saturated rings. The molecule has 0 saturated heterocycles. The van der Waals surface area contributed by atoms with Crippen molar-refractivity contribution in [2.45, 2.75) is 32.1 Å². The number of hydrogen-bond donors (Lipinski definition) is 1. The molecule has 0 spiro atoms. The summed E-state index contributed by atoms with van der Waals surface area (Å²) >= 11 is 1.82. The first-order valence-corrected chi connectivity index (χ1v) is 13.4. The first kappa shape index (κ1) is 25.6. The van der Waals surface area contributed by atoms with Crippen LogP contribution in [0.5, 0.6) is 0 Å². The van der Waals surface area contributed by atoms with E-state index in [4.69, 9.17) is 4.98 Å². The minimum atomic E-state index is -0.309. The Kier molecular flexibility index (Phi) is 8.38. The van der Waals surface area contributed by atoms with E-state index in [-0.39, 0.29) is 10.8 Å². The van der Waals surface area contributed by atoms with Gasteiger partial charge in [0.05, 0.1) is 15.6 Å². The Bertz CT molecular complexity index is 1110. The molecule has 35 heavy (non-hydrogen) atoms. The largest absolute Gasteiger partial charge is 0.316 e. The molecular weight excluding hydrogens is 446 g/mol. The van der Waals surface area contributed by atoms with E-state index < -0.39 is 0 Å². The lowest BCUT2D eigenvalue weighted by atomic mass is 9.71. The van der Waals surface area contributed by atoms with Crippen molar-refractivity contribution in [2.75, 3.05) is 33.7 Å². The van der Waals surface area contributed by atoms with Gasteiger partial charge in [0.15, 0.2) is 0 Å². The number of thiazole rings is 1. The minimum Gasteiger partial charge on any atom is -0.316 e. The van der Waals surface area contributed by atoms with Crippen LogP contribution in [0, 0.1) is 11.8 Å². The summed E-state index contributed by atoms with van der Waals surface area (Å²) in [5.41, 5.74) is 3.61. The van der Waals surface area contributed by atoms with Crippen LogP contribution in [0.25, 0.3) is 10.2 Å². The van der Waals surface area contributed by atoms with E-state index in [9.17, 15) is 0 Å². The van der Waals surface area contributed by atoms with Crippen molar-refractivity contribution in [3.63, 3.8) is 0 Å². The second-order valence-electron chi connectivity index (χ2n) is 10.5. The lowest BCUT2D eigenvalue weighted by Gasteiger charge is -2.33. The van der Waals surface area contributed by atoms with Gasteiger partial charge in [-0.25, -0.2) is 4.98 Å². The van der Waals surface area contributed by atoms with E-state index in [1.165, 1.54) is 15.8 Å². The average Bonchev–Trinajstić information content (AvgIpc) is 3.28. The van der Waals surface area contributed by atoms with E-state index in [1.54, 1.807) is 0 Å². The molecule has 1 aromatic heterocycles. The van der Waals surface area contributed by atoms with Crippen LogP contribution in [0.3, 0.4) is 0 Å². The Labute approximate surface area is 215 Å². The first-order chi connectivity index (χ1) is 16.9. The van der Waals surface area contributed by atoms with Crippen molar-refractivity contribution < 1.29 is 0 Å². The maximum Gasteiger partial charge on any atom is 0.109 e. The summed E-state index contributed by atoms with van der Waals surface area (Å²) in [6.07, 6.45) is 4.38. The molecule has 0 bridgehead atoms. The zero-order chi connectivity index (χ0) is 24.7. The molecule has 0 aliphatic heterocycles. The third-order valence-corrected chi connectivity index (χ3v) is 7.71. The number of aromatic nitrogens is 1. The van der Waals surface area contributed by atoms with Gasteiger partial charge in [-0.1, -0.05) is 86.6 Å². The monoisotopic (exact) mass is 484 g/mol. The number of hydrogen-bond acceptors (Lipinski definition) is 4. The number of nitrogens with one attached hydrogen (secondary N) is 1. The average molecular weight is 485 g/mol. The summed E-state index contributed by atoms with van der Waals surface area (Å²) in [7, 11) is 4.29. The molecule has 1 heterocycles. The fourth-order valence-corrected chi connectivity index (χ4v) is 6.31. The van der Waals surface area contributed by atoms with Gasteiger partial charge in [0.25, 0.3) is 0 Å². The van der Waals surface area contributed by atoms with Gasteiger partial charge in [-0.2, -0.15) is 0 Å². The van der Waals surface area contributed by atoms with Crippen LogP contribution in [-0.4, -0.2) is 43.6 Å². The van der Waals surface area contributed by atoms with E-state index in [1.807, 2.05) is 11.3 Å². The molecule has 3 aromatic carbocycles. The first-order valence-electron chi connectivity index (χ1n) is 12.5. The molecular formula is C31H38N3S. The lowest BCUT2D eigenvalue weighted by Crippen LogP contribution is -2.38. The number of unbranched alkanes of at least 4 members (excludes halogenated alkanes) is 1. The van der Waals surface area contributed by atoms with Gasteiger partial charge in [-0.3, -0.25) is 0 Å².